The Morgan fingerprint density at radius 2 is 1.96 bits per heavy atom. The van der Waals surface area contributed by atoms with Crippen LogP contribution in [0.1, 0.15) is 31.4 Å². The van der Waals surface area contributed by atoms with Crippen molar-refractivity contribution in [2.45, 2.75) is 36.7 Å². The van der Waals surface area contributed by atoms with Gasteiger partial charge in [-0.3, -0.25) is 9.78 Å². The Labute approximate surface area is 152 Å². The summed E-state index contributed by atoms with van der Waals surface area (Å²) in [4.78, 5) is 18.0. The third-order valence-corrected chi connectivity index (χ3v) is 6.03. The zero-order valence-corrected chi connectivity index (χ0v) is 15.1. The molecule has 2 heterocycles. The Hall–Kier alpha value is -2.32. The van der Waals surface area contributed by atoms with E-state index in [1.165, 1.54) is 25.1 Å². The largest absolute Gasteiger partial charge is 0.334 e. The van der Waals surface area contributed by atoms with E-state index in [1.807, 2.05) is 12.1 Å². The average Bonchev–Trinajstić information content (AvgIpc) is 3.11. The molecule has 3 rings (SSSR count). The number of pyridine rings is 1. The molecule has 26 heavy (non-hydrogen) atoms. The summed E-state index contributed by atoms with van der Waals surface area (Å²) in [5.41, 5.74) is 0.968. The molecule has 0 aliphatic carbocycles. The molecule has 1 saturated heterocycles. The van der Waals surface area contributed by atoms with Gasteiger partial charge in [-0.25, -0.2) is 12.8 Å². The number of hydrogen-bond donors (Lipinski definition) is 1. The first-order chi connectivity index (χ1) is 12.4. The van der Waals surface area contributed by atoms with Gasteiger partial charge in [0.05, 0.1) is 12.1 Å². The average molecular weight is 377 g/mol. The predicted molar refractivity (Wildman–Crippen MR) is 94.1 cm³/mol. The van der Waals surface area contributed by atoms with Gasteiger partial charge in [0.2, 0.25) is 15.9 Å². The van der Waals surface area contributed by atoms with E-state index in [1.54, 1.807) is 17.3 Å². The van der Waals surface area contributed by atoms with Gasteiger partial charge in [-0.05, 0) is 49.6 Å². The van der Waals surface area contributed by atoms with Crippen LogP contribution in [0.5, 0.6) is 0 Å². The highest BCUT2D eigenvalue weighted by Gasteiger charge is 2.34. The predicted octanol–water partition coefficient (Wildman–Crippen LogP) is 2.25. The Morgan fingerprint density at radius 1 is 1.27 bits per heavy atom. The van der Waals surface area contributed by atoms with Crippen molar-refractivity contribution in [3.05, 3.63) is 60.2 Å². The van der Waals surface area contributed by atoms with Crippen LogP contribution in [0.25, 0.3) is 0 Å². The minimum atomic E-state index is -4.13. The van der Waals surface area contributed by atoms with Crippen LogP contribution in [-0.2, 0) is 14.8 Å². The Bertz CT molecular complexity index is 890. The number of hydrogen-bond acceptors (Lipinski definition) is 4. The number of amides is 1. The maximum absolute atomic E-state index is 13.8. The number of rotatable bonds is 5. The summed E-state index contributed by atoms with van der Waals surface area (Å²) in [6.07, 6.45) is 4.98. The lowest BCUT2D eigenvalue weighted by Gasteiger charge is -2.28. The Balaban J connectivity index is 1.76. The number of carbonyl (C=O) groups excluding carboxylic acids is 1. The van der Waals surface area contributed by atoms with Gasteiger partial charge in [0, 0.05) is 18.9 Å². The van der Waals surface area contributed by atoms with Crippen LogP contribution >= 0.6 is 0 Å². The van der Waals surface area contributed by atoms with E-state index >= 15 is 0 Å². The second-order valence-corrected chi connectivity index (χ2v) is 7.93. The second kappa shape index (κ2) is 7.51. The zero-order valence-electron chi connectivity index (χ0n) is 14.3. The molecule has 0 spiro atoms. The first kappa shape index (κ1) is 18.5. The Morgan fingerprint density at radius 3 is 2.65 bits per heavy atom. The molecule has 138 valence electrons. The van der Waals surface area contributed by atoms with Gasteiger partial charge < -0.3 is 4.90 Å². The smallest absolute Gasteiger partial charge is 0.244 e. The summed E-state index contributed by atoms with van der Waals surface area (Å²) in [5, 5.41) is 0. The molecule has 1 fully saturated rings. The minimum Gasteiger partial charge on any atom is -0.334 e. The number of aromatic nitrogens is 1. The third kappa shape index (κ3) is 3.76. The van der Waals surface area contributed by atoms with Crippen LogP contribution in [0, 0.1) is 5.82 Å². The normalized spacial score (nSPS) is 18.7. The highest BCUT2D eigenvalue weighted by Crippen LogP contribution is 2.32. The number of benzene rings is 1. The molecule has 1 aliphatic rings. The van der Waals surface area contributed by atoms with Crippen molar-refractivity contribution >= 4 is 15.9 Å². The fraction of sp³-hybridized carbons (Fsp3) is 0.333. The standard InChI is InChI=1S/C18H20FN3O3S/c1-13(21-26(24,25)17-7-3-2-5-15(17)19)18(23)22-12-4-6-16(22)14-8-10-20-11-9-14/h2-3,5,7-11,13,16,21H,4,6,12H2,1H3/t13-,16+/m0/s1. The van der Waals surface area contributed by atoms with Gasteiger partial charge in [-0.1, -0.05) is 12.1 Å². The maximum Gasteiger partial charge on any atom is 0.244 e. The first-order valence-electron chi connectivity index (χ1n) is 8.37. The molecule has 1 N–H and O–H groups in total. The third-order valence-electron chi connectivity index (χ3n) is 4.46. The minimum absolute atomic E-state index is 0.106. The van der Waals surface area contributed by atoms with E-state index in [-0.39, 0.29) is 11.9 Å². The van der Waals surface area contributed by atoms with Crippen LogP contribution in [0.15, 0.2) is 53.7 Å². The lowest BCUT2D eigenvalue weighted by molar-refractivity contribution is -0.133. The molecule has 1 amide bonds. The first-order valence-corrected chi connectivity index (χ1v) is 9.86. The van der Waals surface area contributed by atoms with Gasteiger partial charge in [-0.15, -0.1) is 0 Å². The van der Waals surface area contributed by atoms with Crippen molar-refractivity contribution in [3.63, 3.8) is 0 Å². The van der Waals surface area contributed by atoms with Crippen molar-refractivity contribution < 1.29 is 17.6 Å². The lowest BCUT2D eigenvalue weighted by atomic mass is 10.1. The summed E-state index contributed by atoms with van der Waals surface area (Å²) in [5.74, 6) is -1.18. The van der Waals surface area contributed by atoms with Crippen LogP contribution in [0.4, 0.5) is 4.39 Å². The number of nitrogens with zero attached hydrogens (tertiary/aromatic N) is 2. The molecule has 8 heteroatoms. The summed E-state index contributed by atoms with van der Waals surface area (Å²) >= 11 is 0. The van der Waals surface area contributed by atoms with Crippen LogP contribution in [0.3, 0.4) is 0 Å². The molecule has 2 atom stereocenters. The molecule has 0 bridgehead atoms. The van der Waals surface area contributed by atoms with E-state index in [0.717, 1.165) is 24.5 Å². The number of nitrogens with one attached hydrogen (secondary N) is 1. The second-order valence-electron chi connectivity index (χ2n) is 6.24. The van der Waals surface area contributed by atoms with Crippen molar-refractivity contribution in [2.75, 3.05) is 6.54 Å². The molecule has 1 aromatic heterocycles. The number of halogens is 1. The van der Waals surface area contributed by atoms with E-state index in [2.05, 4.69) is 9.71 Å². The van der Waals surface area contributed by atoms with Gasteiger partial charge in [-0.2, -0.15) is 4.72 Å². The molecule has 0 saturated carbocycles. The van der Waals surface area contributed by atoms with E-state index in [0.29, 0.717) is 6.54 Å². The summed E-state index contributed by atoms with van der Waals surface area (Å²) in [6.45, 7) is 2.03. The number of likely N-dealkylation sites (tertiary alicyclic amines) is 1. The number of sulfonamides is 1. The molecule has 6 nitrogen and oxygen atoms in total. The van der Waals surface area contributed by atoms with Gasteiger partial charge >= 0.3 is 0 Å². The van der Waals surface area contributed by atoms with Gasteiger partial charge in [0.1, 0.15) is 10.7 Å². The van der Waals surface area contributed by atoms with Crippen molar-refractivity contribution in [1.82, 2.24) is 14.6 Å². The van der Waals surface area contributed by atoms with Crippen molar-refractivity contribution in [2.24, 2.45) is 0 Å². The van der Waals surface area contributed by atoms with Crippen LogP contribution < -0.4 is 4.72 Å². The summed E-state index contributed by atoms with van der Waals surface area (Å²) in [6, 6.07) is 7.68. The maximum atomic E-state index is 13.8. The number of carbonyl (C=O) groups is 1. The Kier molecular flexibility index (Phi) is 5.33. The molecule has 1 aliphatic heterocycles. The molecule has 1 aromatic carbocycles. The molecular formula is C18H20FN3O3S. The lowest BCUT2D eigenvalue weighted by Crippen LogP contribution is -2.46. The fourth-order valence-corrected chi connectivity index (χ4v) is 4.50. The van der Waals surface area contributed by atoms with Gasteiger partial charge in [0.15, 0.2) is 0 Å². The van der Waals surface area contributed by atoms with E-state index in [9.17, 15) is 17.6 Å². The molecular weight excluding hydrogens is 357 g/mol. The zero-order chi connectivity index (χ0) is 18.7. The summed E-state index contributed by atoms with van der Waals surface area (Å²) in [7, 11) is -4.13. The highest BCUT2D eigenvalue weighted by atomic mass is 32.2. The van der Waals surface area contributed by atoms with Crippen molar-refractivity contribution in [3.8, 4) is 0 Å². The monoisotopic (exact) mass is 377 g/mol. The quantitative estimate of drug-likeness (QED) is 0.867. The molecule has 0 radical (unpaired) electrons. The van der Waals surface area contributed by atoms with Gasteiger partial charge in [0.25, 0.3) is 0 Å². The van der Waals surface area contributed by atoms with Crippen molar-refractivity contribution in [1.29, 1.82) is 0 Å². The van der Waals surface area contributed by atoms with Crippen LogP contribution in [0.2, 0.25) is 0 Å². The topological polar surface area (TPSA) is 79.4 Å². The summed E-state index contributed by atoms with van der Waals surface area (Å²) < 4.78 is 40.9. The molecule has 2 aromatic rings. The van der Waals surface area contributed by atoms with Crippen LogP contribution in [-0.4, -0.2) is 36.8 Å². The highest BCUT2D eigenvalue weighted by molar-refractivity contribution is 7.89. The molecule has 0 unspecified atom stereocenters. The van der Waals surface area contributed by atoms with E-state index < -0.39 is 26.8 Å². The fourth-order valence-electron chi connectivity index (χ4n) is 3.22. The van der Waals surface area contributed by atoms with E-state index in [4.69, 9.17) is 0 Å². The SMILES string of the molecule is C[C@H](NS(=O)(=O)c1ccccc1F)C(=O)N1CCC[C@@H]1c1ccncc1.